The van der Waals surface area contributed by atoms with Crippen molar-refractivity contribution in [3.8, 4) is 11.5 Å². The number of benzene rings is 3. The van der Waals surface area contributed by atoms with Crippen LogP contribution in [0.2, 0.25) is 5.02 Å². The molecule has 0 bridgehead atoms. The Morgan fingerprint density at radius 3 is 2.45 bits per heavy atom. The molecule has 1 aliphatic rings. The molecule has 42 heavy (non-hydrogen) atoms. The molecule has 0 N–H and O–H groups in total. The summed E-state index contributed by atoms with van der Waals surface area (Å²) in [5, 5.41) is 0.541. The number of hydrogen-bond donors (Lipinski definition) is 0. The van der Waals surface area contributed by atoms with Gasteiger partial charge in [-0.2, -0.15) is 0 Å². The van der Waals surface area contributed by atoms with Crippen molar-refractivity contribution in [1.82, 2.24) is 4.57 Å². The number of carbonyl (C=O) groups excluding carboxylic acids is 1. The average Bonchev–Trinajstić information content (AvgIpc) is 3.27. The van der Waals surface area contributed by atoms with Gasteiger partial charge >= 0.3 is 5.97 Å². The molecule has 216 valence electrons. The lowest BCUT2D eigenvalue weighted by Gasteiger charge is -2.24. The second kappa shape index (κ2) is 12.8. The fourth-order valence-electron chi connectivity index (χ4n) is 4.65. The van der Waals surface area contributed by atoms with Crippen molar-refractivity contribution in [3.63, 3.8) is 0 Å². The zero-order chi connectivity index (χ0) is 29.8. The van der Waals surface area contributed by atoms with Crippen molar-refractivity contribution in [2.75, 3.05) is 13.2 Å². The van der Waals surface area contributed by atoms with Gasteiger partial charge in [-0.25, -0.2) is 14.2 Å². The molecule has 0 saturated heterocycles. The molecule has 7 nitrogen and oxygen atoms in total. The first-order valence-corrected chi connectivity index (χ1v) is 14.6. The number of fused-ring (bicyclic) bond motifs is 1. The van der Waals surface area contributed by atoms with Gasteiger partial charge in [0.05, 0.1) is 35.1 Å². The van der Waals surface area contributed by atoms with Gasteiger partial charge in [0.1, 0.15) is 12.4 Å². The third-order valence-electron chi connectivity index (χ3n) is 6.58. The minimum Gasteiger partial charge on any atom is -0.490 e. The normalized spacial score (nSPS) is 14.8. The number of nitrogens with zero attached hydrogens (tertiary/aromatic N) is 2. The molecule has 4 aromatic rings. The molecule has 0 aliphatic carbocycles. The van der Waals surface area contributed by atoms with Crippen molar-refractivity contribution >= 4 is 35.0 Å². The Kier molecular flexibility index (Phi) is 8.89. The predicted octanol–water partition coefficient (Wildman–Crippen LogP) is 5.57. The number of thiazole rings is 1. The lowest BCUT2D eigenvalue weighted by Crippen LogP contribution is -2.39. The molecule has 0 unspecified atom stereocenters. The van der Waals surface area contributed by atoms with Gasteiger partial charge in [-0.1, -0.05) is 53.3 Å². The van der Waals surface area contributed by atoms with Crippen LogP contribution in [0.3, 0.4) is 0 Å². The minimum absolute atomic E-state index is 0.194. The second-order valence-electron chi connectivity index (χ2n) is 9.41. The Morgan fingerprint density at radius 1 is 1.02 bits per heavy atom. The largest absolute Gasteiger partial charge is 0.490 e. The van der Waals surface area contributed by atoms with E-state index in [1.54, 1.807) is 68.5 Å². The number of carbonyl (C=O) groups is 1. The Labute approximate surface area is 250 Å². The molecule has 0 saturated carbocycles. The maximum absolute atomic E-state index is 13.9. The molecule has 1 atom stereocenters. The highest BCUT2D eigenvalue weighted by Crippen LogP contribution is 2.32. The summed E-state index contributed by atoms with van der Waals surface area (Å²) >= 11 is 7.36. The summed E-state index contributed by atoms with van der Waals surface area (Å²) < 4.78 is 32.3. The van der Waals surface area contributed by atoms with Crippen LogP contribution in [-0.2, 0) is 16.1 Å². The maximum atomic E-state index is 13.9. The van der Waals surface area contributed by atoms with Gasteiger partial charge < -0.3 is 14.2 Å². The Balaban J connectivity index is 1.54. The van der Waals surface area contributed by atoms with Crippen LogP contribution in [0.1, 0.15) is 43.5 Å². The monoisotopic (exact) mass is 606 g/mol. The number of aromatic nitrogens is 1. The Hall–Kier alpha value is -4.21. The van der Waals surface area contributed by atoms with Gasteiger partial charge in [-0.05, 0) is 79.9 Å². The van der Waals surface area contributed by atoms with E-state index in [9.17, 15) is 14.0 Å². The highest BCUT2D eigenvalue weighted by atomic mass is 35.5. The van der Waals surface area contributed by atoms with Gasteiger partial charge in [0.25, 0.3) is 5.56 Å². The third kappa shape index (κ3) is 6.17. The van der Waals surface area contributed by atoms with Crippen LogP contribution in [0.15, 0.2) is 87.8 Å². The van der Waals surface area contributed by atoms with Crippen LogP contribution < -0.4 is 24.4 Å². The highest BCUT2D eigenvalue weighted by Gasteiger charge is 2.33. The smallest absolute Gasteiger partial charge is 0.338 e. The third-order valence-corrected chi connectivity index (χ3v) is 7.81. The molecule has 3 aromatic carbocycles. The summed E-state index contributed by atoms with van der Waals surface area (Å²) in [6.07, 6.45) is 1.76. The lowest BCUT2D eigenvalue weighted by molar-refractivity contribution is -0.139. The van der Waals surface area contributed by atoms with Crippen LogP contribution in [0.4, 0.5) is 4.39 Å². The van der Waals surface area contributed by atoms with E-state index < -0.39 is 12.0 Å². The van der Waals surface area contributed by atoms with Gasteiger partial charge in [-0.15, -0.1) is 0 Å². The van der Waals surface area contributed by atoms with Gasteiger partial charge in [0.15, 0.2) is 16.3 Å². The topological polar surface area (TPSA) is 79.1 Å². The second-order valence-corrected chi connectivity index (χ2v) is 10.9. The van der Waals surface area contributed by atoms with Gasteiger partial charge in [0.2, 0.25) is 0 Å². The minimum atomic E-state index is -0.721. The molecule has 1 aliphatic heterocycles. The van der Waals surface area contributed by atoms with E-state index in [1.807, 2.05) is 13.0 Å². The predicted molar refractivity (Wildman–Crippen MR) is 160 cm³/mol. The van der Waals surface area contributed by atoms with Crippen LogP contribution in [0.25, 0.3) is 6.08 Å². The van der Waals surface area contributed by atoms with E-state index in [0.29, 0.717) is 49.3 Å². The number of allylic oxidation sites excluding steroid dienone is 1. The zero-order valence-corrected chi connectivity index (χ0v) is 24.8. The zero-order valence-electron chi connectivity index (χ0n) is 23.2. The van der Waals surface area contributed by atoms with Crippen molar-refractivity contribution in [2.24, 2.45) is 4.99 Å². The number of hydrogen-bond acceptors (Lipinski definition) is 7. The van der Waals surface area contributed by atoms with Crippen LogP contribution >= 0.6 is 22.9 Å². The summed E-state index contributed by atoms with van der Waals surface area (Å²) in [6, 6.07) is 17.8. The maximum Gasteiger partial charge on any atom is 0.338 e. The van der Waals surface area contributed by atoms with E-state index >= 15 is 0 Å². The van der Waals surface area contributed by atoms with E-state index in [-0.39, 0.29) is 24.6 Å². The van der Waals surface area contributed by atoms with Crippen molar-refractivity contribution in [2.45, 2.75) is 33.4 Å². The molecule has 0 spiro atoms. The van der Waals surface area contributed by atoms with E-state index in [1.165, 1.54) is 28.0 Å². The van der Waals surface area contributed by atoms with Crippen LogP contribution in [-0.4, -0.2) is 23.8 Å². The Morgan fingerprint density at radius 2 is 1.76 bits per heavy atom. The molecule has 0 fully saturated rings. The summed E-state index contributed by atoms with van der Waals surface area (Å²) in [5.41, 5.74) is 2.76. The first-order valence-electron chi connectivity index (χ1n) is 13.4. The molecule has 2 heterocycles. The van der Waals surface area contributed by atoms with Crippen molar-refractivity contribution in [1.29, 1.82) is 0 Å². The van der Waals surface area contributed by atoms with Crippen molar-refractivity contribution < 1.29 is 23.4 Å². The number of esters is 1. The van der Waals surface area contributed by atoms with Crippen LogP contribution in [0, 0.1) is 5.82 Å². The first-order chi connectivity index (χ1) is 20.3. The fourth-order valence-corrected chi connectivity index (χ4v) is 5.82. The summed E-state index contributed by atoms with van der Waals surface area (Å²) in [7, 11) is 0. The lowest BCUT2D eigenvalue weighted by atomic mass is 9.96. The van der Waals surface area contributed by atoms with E-state index in [4.69, 9.17) is 25.8 Å². The molecule has 5 rings (SSSR count). The molecule has 0 radical (unpaired) electrons. The van der Waals surface area contributed by atoms with Gasteiger partial charge in [0, 0.05) is 5.02 Å². The van der Waals surface area contributed by atoms with Crippen LogP contribution in [0.5, 0.6) is 11.5 Å². The number of halogens is 2. The molecular formula is C32H28ClFN2O5S. The molecule has 1 aromatic heterocycles. The number of rotatable bonds is 9. The average molecular weight is 607 g/mol. The number of ether oxygens (including phenoxy) is 3. The molecule has 10 heteroatoms. The standard InChI is InChI=1S/C32H28ClFN2O5S/c1-4-39-26-16-21(8-15-25(26)41-18-20-6-13-24(34)14-7-20)17-27-30(37)36-29(22-9-11-23(33)12-10-22)28(31(38)40-5-2)19(3)35-32(36)42-27/h6-17,29H,4-5,18H2,1-3H3/b27-17-/t29-/m1/s1. The Bertz CT molecular complexity index is 1830. The summed E-state index contributed by atoms with van der Waals surface area (Å²) in [5.74, 6) is 0.207. The summed E-state index contributed by atoms with van der Waals surface area (Å²) in [6.45, 7) is 6.19. The molecule has 0 amide bonds. The molecular weight excluding hydrogens is 579 g/mol. The van der Waals surface area contributed by atoms with Crippen molar-refractivity contribution in [3.05, 3.63) is 125 Å². The highest BCUT2D eigenvalue weighted by molar-refractivity contribution is 7.07. The van der Waals surface area contributed by atoms with E-state index in [2.05, 4.69) is 4.99 Å². The first kappa shape index (κ1) is 29.3. The quantitative estimate of drug-likeness (QED) is 0.233. The summed E-state index contributed by atoms with van der Waals surface area (Å²) in [4.78, 5) is 32.0. The fraction of sp³-hybridized carbons (Fsp3) is 0.219. The van der Waals surface area contributed by atoms with Gasteiger partial charge in [-0.3, -0.25) is 9.36 Å². The SMILES string of the molecule is CCOC(=O)C1=C(C)N=c2s/c(=C\c3ccc(OCc4ccc(F)cc4)c(OCC)c3)c(=O)n2[C@@H]1c1ccc(Cl)cc1. The van der Waals surface area contributed by atoms with E-state index in [0.717, 1.165) is 11.1 Å².